The summed E-state index contributed by atoms with van der Waals surface area (Å²) in [6.07, 6.45) is 3.95. The highest BCUT2D eigenvalue weighted by Crippen LogP contribution is 2.40. The number of aliphatic hydroxyl groups excluding tert-OH is 2. The number of anilines is 1. The number of ether oxygens (including phenoxy) is 1. The second-order valence-electron chi connectivity index (χ2n) is 10.7. The number of nitrogens with zero attached hydrogens (tertiary/aromatic N) is 4. The average molecular weight is 590 g/mol. The molecule has 6 atom stereocenters. The molecule has 2 fully saturated rings. The number of hydrogen-bond donors (Lipinski definition) is 3. The quantitative estimate of drug-likeness (QED) is 0.255. The molecule has 0 amide bonds. The first kappa shape index (κ1) is 25.2. The Hall–Kier alpha value is -0.863. The molecule has 184 valence electrons. The zero-order chi connectivity index (χ0) is 24.0. The van der Waals surface area contributed by atoms with Gasteiger partial charge in [-0.2, -0.15) is 0 Å². The summed E-state index contributed by atoms with van der Waals surface area (Å²) in [5, 5.41) is 24.7. The minimum absolute atomic E-state index is 0.141. The lowest BCUT2D eigenvalue weighted by atomic mass is 10.1. The fourth-order valence-electron chi connectivity index (χ4n) is 4.41. The zero-order valence-electron chi connectivity index (χ0n) is 20.0. The highest BCUT2D eigenvalue weighted by molar-refractivity contribution is 14.1. The van der Waals surface area contributed by atoms with Crippen LogP contribution in [0.4, 0.5) is 5.82 Å². The minimum atomic E-state index is -1.89. The summed E-state index contributed by atoms with van der Waals surface area (Å²) in [4.78, 5) is 13.4. The Bertz CT molecular complexity index is 968. The van der Waals surface area contributed by atoms with Crippen LogP contribution in [0.25, 0.3) is 11.2 Å². The van der Waals surface area contributed by atoms with E-state index in [1.54, 1.807) is 10.9 Å². The number of hydrogen-bond acceptors (Lipinski definition) is 8. The second-order valence-corrected chi connectivity index (χ2v) is 16.5. The molecule has 1 saturated carbocycles. The molecule has 1 saturated heterocycles. The van der Waals surface area contributed by atoms with Crippen molar-refractivity contribution in [1.82, 2.24) is 19.5 Å². The summed E-state index contributed by atoms with van der Waals surface area (Å²) in [6.45, 7) is 11.4. The van der Waals surface area contributed by atoms with Crippen LogP contribution in [-0.4, -0.2) is 72.9 Å². The number of fused-ring (bicyclic) bond motifs is 1. The van der Waals surface area contributed by atoms with Crippen molar-refractivity contribution in [3.8, 4) is 0 Å². The van der Waals surface area contributed by atoms with Crippen molar-refractivity contribution >= 4 is 47.9 Å². The van der Waals surface area contributed by atoms with Crippen molar-refractivity contribution in [1.29, 1.82) is 0 Å². The molecule has 0 spiro atoms. The summed E-state index contributed by atoms with van der Waals surface area (Å²) in [5.41, 5.74) is 1.19. The van der Waals surface area contributed by atoms with Gasteiger partial charge in [-0.3, -0.25) is 4.57 Å². The number of imidazole rings is 1. The molecule has 1 aliphatic carbocycles. The van der Waals surface area contributed by atoms with E-state index in [4.69, 9.17) is 9.16 Å². The lowest BCUT2D eigenvalue weighted by molar-refractivity contribution is -0.0350. The molecule has 1 aliphatic heterocycles. The van der Waals surface area contributed by atoms with E-state index in [9.17, 15) is 10.2 Å². The Morgan fingerprint density at radius 1 is 1.21 bits per heavy atom. The van der Waals surface area contributed by atoms with Crippen LogP contribution >= 0.6 is 22.6 Å². The first-order valence-corrected chi connectivity index (χ1v) is 16.2. The monoisotopic (exact) mass is 589 g/mol. The first-order valence-electron chi connectivity index (χ1n) is 11.7. The third-order valence-corrected chi connectivity index (χ3v) is 12.5. The van der Waals surface area contributed by atoms with Gasteiger partial charge in [-0.25, -0.2) is 15.0 Å². The van der Waals surface area contributed by atoms with Crippen LogP contribution in [-0.2, 0) is 9.16 Å². The molecule has 0 bridgehead atoms. The van der Waals surface area contributed by atoms with Gasteiger partial charge >= 0.3 is 0 Å². The van der Waals surface area contributed by atoms with Gasteiger partial charge in [0.25, 0.3) is 0 Å². The van der Waals surface area contributed by atoms with Crippen LogP contribution in [0.5, 0.6) is 0 Å². The van der Waals surface area contributed by atoms with Crippen molar-refractivity contribution in [2.75, 3.05) is 9.74 Å². The highest BCUT2D eigenvalue weighted by Gasteiger charge is 2.44. The fourth-order valence-corrected chi connectivity index (χ4v) is 6.42. The van der Waals surface area contributed by atoms with E-state index >= 15 is 0 Å². The van der Waals surface area contributed by atoms with Gasteiger partial charge in [-0.05, 0) is 43.8 Å². The first-order chi connectivity index (χ1) is 15.5. The number of alkyl halides is 1. The Morgan fingerprint density at radius 2 is 1.97 bits per heavy atom. The van der Waals surface area contributed by atoms with Gasteiger partial charge in [0.1, 0.15) is 18.5 Å². The number of aliphatic hydroxyl groups is 2. The van der Waals surface area contributed by atoms with Crippen LogP contribution in [0, 0.1) is 0 Å². The van der Waals surface area contributed by atoms with Gasteiger partial charge in [0, 0.05) is 4.43 Å². The number of halogens is 1. The molecule has 2 unspecified atom stereocenters. The van der Waals surface area contributed by atoms with E-state index < -0.39 is 32.9 Å². The minimum Gasteiger partial charge on any atom is -0.412 e. The van der Waals surface area contributed by atoms with Crippen LogP contribution < -0.4 is 5.32 Å². The SMILES string of the molecule is CC(C)(C)[Si](C)(C)OC1CCCC1Nc1ncnc2c1ncn2[C@@H]1O[C@H](CCI)[C@@H](O)[C@H]1O. The number of rotatable bonds is 7. The normalized spacial score (nSPS) is 30.9. The Balaban J connectivity index is 1.55. The van der Waals surface area contributed by atoms with Crippen molar-refractivity contribution in [2.24, 2.45) is 0 Å². The van der Waals surface area contributed by atoms with E-state index in [-0.39, 0.29) is 17.2 Å². The second kappa shape index (κ2) is 9.65. The predicted octanol–water partition coefficient (Wildman–Crippen LogP) is 3.63. The van der Waals surface area contributed by atoms with Crippen molar-refractivity contribution < 1.29 is 19.4 Å². The van der Waals surface area contributed by atoms with E-state index in [1.165, 1.54) is 6.33 Å². The summed E-state index contributed by atoms with van der Waals surface area (Å²) < 4.78 is 15.2. The maximum atomic E-state index is 10.6. The summed E-state index contributed by atoms with van der Waals surface area (Å²) in [7, 11) is -1.89. The third-order valence-electron chi connectivity index (χ3n) is 7.39. The molecule has 0 aromatic carbocycles. The fraction of sp³-hybridized carbons (Fsp3) is 0.773. The molecule has 2 aromatic heterocycles. The molecule has 33 heavy (non-hydrogen) atoms. The van der Waals surface area contributed by atoms with Crippen LogP contribution in [0.3, 0.4) is 0 Å². The summed E-state index contributed by atoms with van der Waals surface area (Å²) >= 11 is 2.24. The molecule has 3 heterocycles. The van der Waals surface area contributed by atoms with Crippen LogP contribution in [0.2, 0.25) is 18.1 Å². The molecule has 9 nitrogen and oxygen atoms in total. The van der Waals surface area contributed by atoms with Gasteiger partial charge < -0.3 is 24.7 Å². The van der Waals surface area contributed by atoms with E-state index in [0.717, 1.165) is 23.7 Å². The number of nitrogens with one attached hydrogen (secondary N) is 1. The van der Waals surface area contributed by atoms with Crippen LogP contribution in [0.1, 0.15) is 52.7 Å². The van der Waals surface area contributed by atoms with Gasteiger partial charge in [0.15, 0.2) is 31.5 Å². The molecule has 4 rings (SSSR count). The molecule has 2 aliphatic rings. The topological polar surface area (TPSA) is 115 Å². The van der Waals surface area contributed by atoms with E-state index in [2.05, 4.69) is 76.7 Å². The van der Waals surface area contributed by atoms with E-state index in [1.807, 2.05) is 0 Å². The summed E-state index contributed by atoms with van der Waals surface area (Å²) in [5.74, 6) is 0.659. The Morgan fingerprint density at radius 3 is 2.67 bits per heavy atom. The standard InChI is InChI=1S/C22H36IN5O4Si/c1-22(2,3)33(4,5)32-14-8-6-7-13(14)27-19-16-20(25-11-24-19)28(12-26-16)21-18(30)17(29)15(31-21)9-10-23/h11-15,17-18,21,29-30H,6-10H2,1-5H3,(H,24,25,27)/t13?,14?,15-,17-,18-,21-/m1/s1. The molecular formula is C22H36IN5O4Si. The predicted molar refractivity (Wildman–Crippen MR) is 138 cm³/mol. The molecule has 11 heteroatoms. The molecular weight excluding hydrogens is 553 g/mol. The van der Waals surface area contributed by atoms with Gasteiger partial charge in [-0.15, -0.1) is 0 Å². The van der Waals surface area contributed by atoms with Crippen molar-refractivity contribution in [2.45, 2.75) is 101 Å². The van der Waals surface area contributed by atoms with Crippen LogP contribution in [0.15, 0.2) is 12.7 Å². The van der Waals surface area contributed by atoms with Gasteiger partial charge in [-0.1, -0.05) is 43.4 Å². The zero-order valence-corrected chi connectivity index (χ0v) is 23.2. The van der Waals surface area contributed by atoms with Gasteiger partial charge in [0.2, 0.25) is 0 Å². The highest BCUT2D eigenvalue weighted by atomic mass is 127. The molecule has 2 aromatic rings. The average Bonchev–Trinajstić information content (AvgIpc) is 3.42. The molecule has 3 N–H and O–H groups in total. The summed E-state index contributed by atoms with van der Waals surface area (Å²) in [6, 6.07) is 0.158. The van der Waals surface area contributed by atoms with E-state index in [0.29, 0.717) is 23.4 Å². The number of aromatic nitrogens is 4. The lowest BCUT2D eigenvalue weighted by Crippen LogP contribution is -2.47. The Labute approximate surface area is 210 Å². The maximum Gasteiger partial charge on any atom is 0.192 e. The Kier molecular flexibility index (Phi) is 7.38. The smallest absolute Gasteiger partial charge is 0.192 e. The third kappa shape index (κ3) is 4.94. The van der Waals surface area contributed by atoms with Crippen molar-refractivity contribution in [3.05, 3.63) is 12.7 Å². The van der Waals surface area contributed by atoms with Gasteiger partial charge in [0.05, 0.1) is 24.6 Å². The molecule has 0 radical (unpaired) electrons. The lowest BCUT2D eigenvalue weighted by Gasteiger charge is -2.40. The largest absolute Gasteiger partial charge is 0.412 e. The maximum absolute atomic E-state index is 10.6. The van der Waals surface area contributed by atoms with Crippen molar-refractivity contribution in [3.63, 3.8) is 0 Å².